The Labute approximate surface area is 155 Å². The topological polar surface area (TPSA) is 76.7 Å². The van der Waals surface area contributed by atoms with Crippen LogP contribution in [0.3, 0.4) is 0 Å². The molecule has 7 heteroatoms. The van der Waals surface area contributed by atoms with Crippen molar-refractivity contribution in [2.24, 2.45) is 5.41 Å². The fraction of sp³-hybridized carbons (Fsp3) is 0.263. The summed E-state index contributed by atoms with van der Waals surface area (Å²) in [7, 11) is 0. The summed E-state index contributed by atoms with van der Waals surface area (Å²) in [5.41, 5.74) is 0.0947. The van der Waals surface area contributed by atoms with Crippen molar-refractivity contribution in [2.75, 3.05) is 23.8 Å². The molecule has 1 aliphatic heterocycles. The van der Waals surface area contributed by atoms with Crippen LogP contribution < -0.4 is 20.1 Å². The molecule has 0 saturated heterocycles. The van der Waals surface area contributed by atoms with Gasteiger partial charge >= 0.3 is 0 Å². The van der Waals surface area contributed by atoms with Gasteiger partial charge in [0, 0.05) is 22.5 Å². The number of rotatable bonds is 4. The SMILES string of the molecule is O=C(Nc1cccc(Cl)c1)C1(C(=O)Nc2ccc3c(c2)OCCO3)CC1. The molecule has 134 valence electrons. The number of carbonyl (C=O) groups is 2. The highest BCUT2D eigenvalue weighted by Gasteiger charge is 2.56. The molecule has 0 bridgehead atoms. The van der Waals surface area contributed by atoms with Crippen LogP contribution in [0.2, 0.25) is 5.02 Å². The molecular weight excluding hydrogens is 356 g/mol. The molecule has 2 amide bonds. The van der Waals surface area contributed by atoms with E-state index in [1.54, 1.807) is 42.5 Å². The zero-order valence-corrected chi connectivity index (χ0v) is 14.6. The minimum Gasteiger partial charge on any atom is -0.486 e. The Morgan fingerprint density at radius 3 is 2.19 bits per heavy atom. The molecule has 4 rings (SSSR count). The van der Waals surface area contributed by atoms with Crippen LogP contribution in [0.1, 0.15) is 12.8 Å². The molecule has 1 heterocycles. The van der Waals surface area contributed by atoms with Crippen molar-refractivity contribution in [3.05, 3.63) is 47.5 Å². The maximum Gasteiger partial charge on any atom is 0.240 e. The molecule has 6 nitrogen and oxygen atoms in total. The molecule has 2 aliphatic rings. The summed E-state index contributed by atoms with van der Waals surface area (Å²) in [5.74, 6) is 0.583. The van der Waals surface area contributed by atoms with Crippen LogP contribution in [-0.4, -0.2) is 25.0 Å². The van der Waals surface area contributed by atoms with Crippen LogP contribution in [-0.2, 0) is 9.59 Å². The highest BCUT2D eigenvalue weighted by molar-refractivity contribution is 6.31. The van der Waals surface area contributed by atoms with Gasteiger partial charge < -0.3 is 20.1 Å². The second-order valence-corrected chi connectivity index (χ2v) is 6.80. The van der Waals surface area contributed by atoms with E-state index >= 15 is 0 Å². The van der Waals surface area contributed by atoms with E-state index in [1.807, 2.05) is 0 Å². The molecule has 2 aromatic rings. The van der Waals surface area contributed by atoms with E-state index in [0.29, 0.717) is 54.0 Å². The lowest BCUT2D eigenvalue weighted by Crippen LogP contribution is -2.35. The third-order valence-corrected chi connectivity index (χ3v) is 4.74. The van der Waals surface area contributed by atoms with Gasteiger partial charge in [0.15, 0.2) is 11.5 Å². The molecule has 1 fully saturated rings. The van der Waals surface area contributed by atoms with Gasteiger partial charge in [0.05, 0.1) is 0 Å². The van der Waals surface area contributed by atoms with Gasteiger partial charge in [-0.15, -0.1) is 0 Å². The molecule has 26 heavy (non-hydrogen) atoms. The van der Waals surface area contributed by atoms with Crippen LogP contribution in [0, 0.1) is 5.41 Å². The summed E-state index contributed by atoms with van der Waals surface area (Å²) in [6, 6.07) is 12.0. The predicted molar refractivity (Wildman–Crippen MR) is 97.8 cm³/mol. The minimum atomic E-state index is -1.05. The fourth-order valence-corrected chi connectivity index (χ4v) is 3.06. The quantitative estimate of drug-likeness (QED) is 0.806. The van der Waals surface area contributed by atoms with Gasteiger partial charge in [-0.2, -0.15) is 0 Å². The molecule has 2 N–H and O–H groups in total. The van der Waals surface area contributed by atoms with Crippen LogP contribution in [0.4, 0.5) is 11.4 Å². The summed E-state index contributed by atoms with van der Waals surface area (Å²) in [6.07, 6.45) is 1.02. The molecule has 0 radical (unpaired) electrons. The lowest BCUT2D eigenvalue weighted by Gasteiger charge is -2.20. The largest absolute Gasteiger partial charge is 0.486 e. The van der Waals surface area contributed by atoms with Gasteiger partial charge in [-0.05, 0) is 43.2 Å². The summed E-state index contributed by atoms with van der Waals surface area (Å²) < 4.78 is 11.0. The first-order valence-electron chi connectivity index (χ1n) is 8.35. The summed E-state index contributed by atoms with van der Waals surface area (Å²) in [4.78, 5) is 25.3. The summed E-state index contributed by atoms with van der Waals surface area (Å²) in [6.45, 7) is 0.974. The van der Waals surface area contributed by atoms with E-state index in [-0.39, 0.29) is 11.8 Å². The lowest BCUT2D eigenvalue weighted by molar-refractivity contribution is -0.131. The second-order valence-electron chi connectivity index (χ2n) is 6.36. The molecule has 0 spiro atoms. The van der Waals surface area contributed by atoms with Crippen molar-refractivity contribution in [2.45, 2.75) is 12.8 Å². The smallest absolute Gasteiger partial charge is 0.240 e. The minimum absolute atomic E-state index is 0.324. The van der Waals surface area contributed by atoms with Gasteiger partial charge in [-0.3, -0.25) is 9.59 Å². The van der Waals surface area contributed by atoms with Gasteiger partial charge in [0.25, 0.3) is 0 Å². The number of nitrogens with one attached hydrogen (secondary N) is 2. The Bertz CT molecular complexity index is 880. The Morgan fingerprint density at radius 2 is 1.54 bits per heavy atom. The average molecular weight is 373 g/mol. The molecule has 0 unspecified atom stereocenters. The molecule has 1 aliphatic carbocycles. The highest BCUT2D eigenvalue weighted by Crippen LogP contribution is 2.48. The molecule has 0 atom stereocenters. The zero-order valence-electron chi connectivity index (χ0n) is 13.9. The number of ether oxygens (including phenoxy) is 2. The van der Waals surface area contributed by atoms with E-state index in [2.05, 4.69) is 10.6 Å². The van der Waals surface area contributed by atoms with Gasteiger partial charge in [-0.25, -0.2) is 0 Å². The van der Waals surface area contributed by atoms with Gasteiger partial charge in [0.2, 0.25) is 11.8 Å². The van der Waals surface area contributed by atoms with Crippen molar-refractivity contribution in [1.82, 2.24) is 0 Å². The van der Waals surface area contributed by atoms with Crippen LogP contribution in [0.15, 0.2) is 42.5 Å². The van der Waals surface area contributed by atoms with Gasteiger partial charge in [0.1, 0.15) is 18.6 Å². The van der Waals surface area contributed by atoms with Crippen molar-refractivity contribution < 1.29 is 19.1 Å². The van der Waals surface area contributed by atoms with Crippen LogP contribution >= 0.6 is 11.6 Å². The fourth-order valence-electron chi connectivity index (χ4n) is 2.87. The van der Waals surface area contributed by atoms with Crippen molar-refractivity contribution >= 4 is 34.8 Å². The lowest BCUT2D eigenvalue weighted by atomic mass is 10.0. The molecule has 2 aromatic carbocycles. The average Bonchev–Trinajstić information content (AvgIpc) is 3.44. The van der Waals surface area contributed by atoms with Crippen molar-refractivity contribution in [3.63, 3.8) is 0 Å². The first kappa shape index (κ1) is 16.7. The maximum atomic E-state index is 12.7. The van der Waals surface area contributed by atoms with Crippen molar-refractivity contribution in [3.8, 4) is 11.5 Å². The van der Waals surface area contributed by atoms with Gasteiger partial charge in [-0.1, -0.05) is 17.7 Å². The number of hydrogen-bond donors (Lipinski definition) is 2. The number of halogens is 1. The van der Waals surface area contributed by atoms with Crippen molar-refractivity contribution in [1.29, 1.82) is 0 Å². The third kappa shape index (κ3) is 3.20. The van der Waals surface area contributed by atoms with E-state index < -0.39 is 5.41 Å². The molecular formula is C19H17ClN2O4. The molecule has 1 saturated carbocycles. The van der Waals surface area contributed by atoms with E-state index in [0.717, 1.165) is 0 Å². The Morgan fingerprint density at radius 1 is 0.885 bits per heavy atom. The summed E-state index contributed by atoms with van der Waals surface area (Å²) in [5, 5.41) is 6.11. The highest BCUT2D eigenvalue weighted by atomic mass is 35.5. The molecule has 0 aromatic heterocycles. The Hall–Kier alpha value is -2.73. The summed E-state index contributed by atoms with van der Waals surface area (Å²) >= 11 is 5.93. The van der Waals surface area contributed by atoms with Crippen LogP contribution in [0.25, 0.3) is 0 Å². The number of fused-ring (bicyclic) bond motifs is 1. The first-order chi connectivity index (χ1) is 12.6. The normalized spacial score (nSPS) is 16.5. The Balaban J connectivity index is 1.46. The zero-order chi connectivity index (χ0) is 18.1. The monoisotopic (exact) mass is 372 g/mol. The third-order valence-electron chi connectivity index (χ3n) is 4.50. The number of carbonyl (C=O) groups excluding carboxylic acids is 2. The second kappa shape index (κ2) is 6.53. The number of amides is 2. The standard InChI is InChI=1S/C19H17ClN2O4/c20-12-2-1-3-13(10-12)21-17(23)19(6-7-19)18(24)22-14-4-5-15-16(11-14)26-9-8-25-15/h1-5,10-11H,6-9H2,(H,21,23)(H,22,24). The Kier molecular flexibility index (Phi) is 4.20. The number of anilines is 2. The van der Waals surface area contributed by atoms with E-state index in [1.165, 1.54) is 0 Å². The van der Waals surface area contributed by atoms with Crippen LogP contribution in [0.5, 0.6) is 11.5 Å². The van der Waals surface area contributed by atoms with E-state index in [9.17, 15) is 9.59 Å². The van der Waals surface area contributed by atoms with E-state index in [4.69, 9.17) is 21.1 Å². The number of hydrogen-bond acceptors (Lipinski definition) is 4. The number of benzene rings is 2. The maximum absolute atomic E-state index is 12.7. The predicted octanol–water partition coefficient (Wildman–Crippen LogP) is 3.47. The first-order valence-corrected chi connectivity index (χ1v) is 8.73.